The molecule has 6 nitrogen and oxygen atoms in total. The zero-order valence-corrected chi connectivity index (χ0v) is 14.6. The lowest BCUT2D eigenvalue weighted by Crippen LogP contribution is -2.05. The van der Waals surface area contributed by atoms with Gasteiger partial charge in [0.1, 0.15) is 5.75 Å². The van der Waals surface area contributed by atoms with Crippen LogP contribution in [0.2, 0.25) is 0 Å². The second-order valence-corrected chi connectivity index (χ2v) is 5.69. The molecule has 0 saturated carbocycles. The van der Waals surface area contributed by atoms with E-state index in [4.69, 9.17) is 18.7 Å². The van der Waals surface area contributed by atoms with Crippen LogP contribution in [0.4, 0.5) is 0 Å². The van der Waals surface area contributed by atoms with Crippen molar-refractivity contribution >= 4 is 0 Å². The van der Waals surface area contributed by atoms with Gasteiger partial charge in [0.15, 0.2) is 11.5 Å². The lowest BCUT2D eigenvalue weighted by Gasteiger charge is -2.09. The van der Waals surface area contributed by atoms with E-state index in [1.807, 2.05) is 50.2 Å². The molecule has 25 heavy (non-hydrogen) atoms. The maximum absolute atomic E-state index is 5.70. The van der Waals surface area contributed by atoms with Gasteiger partial charge in [0.2, 0.25) is 5.82 Å². The van der Waals surface area contributed by atoms with Crippen LogP contribution in [0.15, 0.2) is 47.0 Å². The average molecular weight is 340 g/mol. The molecule has 0 unspecified atom stereocenters. The first-order chi connectivity index (χ1) is 12.1. The summed E-state index contributed by atoms with van der Waals surface area (Å²) in [7, 11) is 3.18. The molecule has 0 atom stereocenters. The van der Waals surface area contributed by atoms with Crippen molar-refractivity contribution in [1.82, 2.24) is 10.1 Å². The second-order valence-electron chi connectivity index (χ2n) is 5.69. The molecule has 3 rings (SSSR count). The van der Waals surface area contributed by atoms with Crippen molar-refractivity contribution in [2.75, 3.05) is 14.2 Å². The topological polar surface area (TPSA) is 66.6 Å². The minimum Gasteiger partial charge on any atom is -0.493 e. The van der Waals surface area contributed by atoms with Gasteiger partial charge in [0, 0.05) is 11.1 Å². The van der Waals surface area contributed by atoms with E-state index in [0.717, 1.165) is 16.9 Å². The van der Waals surface area contributed by atoms with E-state index in [9.17, 15) is 0 Å². The molecule has 2 aromatic carbocycles. The Morgan fingerprint density at radius 1 is 0.920 bits per heavy atom. The molecule has 0 radical (unpaired) electrons. The average Bonchev–Trinajstić information content (AvgIpc) is 3.11. The summed E-state index contributed by atoms with van der Waals surface area (Å²) in [6.45, 7) is 3.96. The number of nitrogens with zero attached hydrogens (tertiary/aromatic N) is 2. The fourth-order valence-electron chi connectivity index (χ4n) is 2.41. The molecule has 0 aliphatic heterocycles. The van der Waals surface area contributed by atoms with Crippen LogP contribution in [0.5, 0.6) is 17.2 Å². The Labute approximate surface area is 146 Å². The molecular formula is C19H20N2O4. The Morgan fingerprint density at radius 3 is 2.44 bits per heavy atom. The van der Waals surface area contributed by atoms with Crippen molar-refractivity contribution < 1.29 is 18.7 Å². The molecule has 0 N–H and O–H groups in total. The summed E-state index contributed by atoms with van der Waals surface area (Å²) >= 11 is 0. The number of methoxy groups -OCH3 is 2. The van der Waals surface area contributed by atoms with Gasteiger partial charge in [-0.25, -0.2) is 0 Å². The molecular weight excluding hydrogens is 320 g/mol. The standard InChI is InChI=1S/C19H20N2O4/c1-12(2)24-15-7-5-6-14(10-15)19-20-18(21-25-19)13-8-9-16(22-3)17(11-13)23-4/h5-12H,1-4H3. The SMILES string of the molecule is COc1ccc(-c2noc(-c3cccc(OC(C)C)c3)n2)cc1OC. The number of hydrogen-bond acceptors (Lipinski definition) is 6. The van der Waals surface area contributed by atoms with Gasteiger partial charge in [-0.3, -0.25) is 0 Å². The minimum atomic E-state index is 0.0975. The van der Waals surface area contributed by atoms with E-state index >= 15 is 0 Å². The first-order valence-corrected chi connectivity index (χ1v) is 7.94. The van der Waals surface area contributed by atoms with Gasteiger partial charge in [0.25, 0.3) is 5.89 Å². The van der Waals surface area contributed by atoms with Crippen molar-refractivity contribution in [2.24, 2.45) is 0 Å². The molecule has 0 spiro atoms. The molecule has 1 heterocycles. The van der Waals surface area contributed by atoms with E-state index in [-0.39, 0.29) is 6.10 Å². The summed E-state index contributed by atoms with van der Waals surface area (Å²) < 4.78 is 21.7. The maximum atomic E-state index is 5.70. The maximum Gasteiger partial charge on any atom is 0.258 e. The third-order valence-electron chi connectivity index (χ3n) is 3.52. The van der Waals surface area contributed by atoms with Crippen LogP contribution < -0.4 is 14.2 Å². The highest BCUT2D eigenvalue weighted by molar-refractivity contribution is 5.64. The molecule has 0 saturated heterocycles. The Balaban J connectivity index is 1.90. The lowest BCUT2D eigenvalue weighted by molar-refractivity contribution is 0.242. The third-order valence-corrected chi connectivity index (χ3v) is 3.52. The number of hydrogen-bond donors (Lipinski definition) is 0. The molecule has 0 aliphatic carbocycles. The number of benzene rings is 2. The van der Waals surface area contributed by atoms with Crippen molar-refractivity contribution in [3.8, 4) is 40.1 Å². The fraction of sp³-hybridized carbons (Fsp3) is 0.263. The summed E-state index contributed by atoms with van der Waals surface area (Å²) in [4.78, 5) is 4.47. The van der Waals surface area contributed by atoms with Crippen LogP contribution in [0.25, 0.3) is 22.8 Å². The quantitative estimate of drug-likeness (QED) is 0.670. The molecule has 0 bridgehead atoms. The van der Waals surface area contributed by atoms with Crippen LogP contribution in [0.3, 0.4) is 0 Å². The minimum absolute atomic E-state index is 0.0975. The zero-order valence-electron chi connectivity index (χ0n) is 14.6. The summed E-state index contributed by atoms with van der Waals surface area (Å²) in [6, 6.07) is 13.1. The lowest BCUT2D eigenvalue weighted by atomic mass is 10.2. The summed E-state index contributed by atoms with van der Waals surface area (Å²) in [5, 5.41) is 4.06. The van der Waals surface area contributed by atoms with E-state index < -0.39 is 0 Å². The van der Waals surface area contributed by atoms with Crippen molar-refractivity contribution in [3.05, 3.63) is 42.5 Å². The van der Waals surface area contributed by atoms with Gasteiger partial charge < -0.3 is 18.7 Å². The van der Waals surface area contributed by atoms with Crippen LogP contribution >= 0.6 is 0 Å². The summed E-state index contributed by atoms with van der Waals surface area (Å²) in [5.41, 5.74) is 1.58. The highest BCUT2D eigenvalue weighted by atomic mass is 16.5. The van der Waals surface area contributed by atoms with Gasteiger partial charge in [-0.05, 0) is 50.2 Å². The van der Waals surface area contributed by atoms with Gasteiger partial charge in [0.05, 0.1) is 20.3 Å². The van der Waals surface area contributed by atoms with Crippen LogP contribution in [-0.4, -0.2) is 30.5 Å². The van der Waals surface area contributed by atoms with Crippen LogP contribution in [-0.2, 0) is 0 Å². The second kappa shape index (κ2) is 7.25. The van der Waals surface area contributed by atoms with E-state index in [1.54, 1.807) is 20.3 Å². The Hall–Kier alpha value is -3.02. The third kappa shape index (κ3) is 3.74. The molecule has 3 aromatic rings. The smallest absolute Gasteiger partial charge is 0.258 e. The first kappa shape index (κ1) is 16.8. The highest BCUT2D eigenvalue weighted by Gasteiger charge is 2.14. The van der Waals surface area contributed by atoms with Gasteiger partial charge in [-0.1, -0.05) is 11.2 Å². The molecule has 0 amide bonds. The van der Waals surface area contributed by atoms with Gasteiger partial charge in [-0.15, -0.1) is 0 Å². The van der Waals surface area contributed by atoms with Crippen molar-refractivity contribution in [3.63, 3.8) is 0 Å². The Kier molecular flexibility index (Phi) is 4.88. The fourth-order valence-corrected chi connectivity index (χ4v) is 2.41. The van der Waals surface area contributed by atoms with E-state index in [0.29, 0.717) is 23.2 Å². The summed E-state index contributed by atoms with van der Waals surface area (Å²) in [6.07, 6.45) is 0.0975. The normalized spacial score (nSPS) is 10.8. The predicted molar refractivity (Wildman–Crippen MR) is 94.0 cm³/mol. The predicted octanol–water partition coefficient (Wildman–Crippen LogP) is 4.21. The molecule has 1 aromatic heterocycles. The Bertz CT molecular complexity index is 858. The van der Waals surface area contributed by atoms with Gasteiger partial charge >= 0.3 is 0 Å². The first-order valence-electron chi connectivity index (χ1n) is 7.94. The van der Waals surface area contributed by atoms with E-state index in [2.05, 4.69) is 10.1 Å². The van der Waals surface area contributed by atoms with E-state index in [1.165, 1.54) is 0 Å². The monoisotopic (exact) mass is 340 g/mol. The van der Waals surface area contributed by atoms with Gasteiger partial charge in [-0.2, -0.15) is 4.98 Å². The largest absolute Gasteiger partial charge is 0.493 e. The summed E-state index contributed by atoms with van der Waals surface area (Å²) in [5.74, 6) is 2.93. The van der Waals surface area contributed by atoms with Crippen LogP contribution in [0.1, 0.15) is 13.8 Å². The molecule has 0 fully saturated rings. The zero-order chi connectivity index (χ0) is 17.8. The number of aromatic nitrogens is 2. The van der Waals surface area contributed by atoms with Crippen molar-refractivity contribution in [1.29, 1.82) is 0 Å². The molecule has 6 heteroatoms. The van der Waals surface area contributed by atoms with Crippen molar-refractivity contribution in [2.45, 2.75) is 20.0 Å². The number of ether oxygens (including phenoxy) is 3. The molecule has 0 aliphatic rings. The molecule has 130 valence electrons. The van der Waals surface area contributed by atoms with Crippen LogP contribution in [0, 0.1) is 0 Å². The Morgan fingerprint density at radius 2 is 1.72 bits per heavy atom. The highest BCUT2D eigenvalue weighted by Crippen LogP contribution is 2.32. The number of rotatable bonds is 6.